The van der Waals surface area contributed by atoms with Gasteiger partial charge in [0.2, 0.25) is 0 Å². The molecule has 0 fully saturated rings. The highest BCUT2D eigenvalue weighted by Crippen LogP contribution is 2.13. The van der Waals surface area contributed by atoms with Crippen molar-refractivity contribution in [2.24, 2.45) is 0 Å². The minimum atomic E-state index is -1.85. The van der Waals surface area contributed by atoms with Crippen LogP contribution in [0.1, 0.15) is 5.56 Å². The summed E-state index contributed by atoms with van der Waals surface area (Å²) < 4.78 is 12.8. The molecule has 1 rings (SSSR count). The molecule has 0 saturated carbocycles. The molecule has 0 bridgehead atoms. The summed E-state index contributed by atoms with van der Waals surface area (Å²) in [6, 6.07) is 8.32. The van der Waals surface area contributed by atoms with Gasteiger partial charge < -0.3 is 8.23 Å². The quantitative estimate of drug-likeness (QED) is 0.749. The van der Waals surface area contributed by atoms with E-state index in [0.29, 0.717) is 0 Å². The molecule has 0 amide bonds. The molecule has 0 saturated heterocycles. The third kappa shape index (κ3) is 6.01. The average Bonchev–Trinajstić information content (AvgIpc) is 2.24. The van der Waals surface area contributed by atoms with Crippen LogP contribution in [0.15, 0.2) is 30.8 Å². The van der Waals surface area contributed by atoms with E-state index in [2.05, 4.69) is 64.1 Å². The fraction of sp³-hybridized carbons (Fsp3) is 0.429. The minimum Gasteiger partial charge on any atom is -0.436 e. The van der Waals surface area contributed by atoms with Crippen LogP contribution in [0, 0.1) is 0 Å². The Morgan fingerprint density at radius 2 is 1.42 bits per heavy atom. The van der Waals surface area contributed by atoms with Gasteiger partial charge in [0.15, 0.2) is 16.6 Å². The molecule has 1 aromatic carbocycles. The summed E-state index contributed by atoms with van der Waals surface area (Å²) in [6.07, 6.45) is 1.90. The molecule has 0 unspecified atom stereocenters. The van der Waals surface area contributed by atoms with E-state index in [1.807, 2.05) is 12.1 Å². The Kier molecular flexibility index (Phi) is 5.52. The lowest BCUT2D eigenvalue weighted by atomic mass is 10.2. The van der Waals surface area contributed by atoms with Crippen LogP contribution >= 0.6 is 0 Å². The molecule has 0 atom stereocenters. The maximum absolute atomic E-state index is 6.38. The second kappa shape index (κ2) is 6.32. The van der Waals surface area contributed by atoms with Crippen LogP contribution in [0.25, 0.3) is 6.08 Å². The molecule has 0 radical (unpaired) electrons. The van der Waals surface area contributed by atoms with Gasteiger partial charge in [-0.25, -0.2) is 0 Å². The molecule has 1 aromatic rings. The molecule has 0 aliphatic heterocycles. The van der Waals surface area contributed by atoms with E-state index in [9.17, 15) is 0 Å². The zero-order valence-electron chi connectivity index (χ0n) is 13.0. The molecule has 0 spiro atoms. The molecule has 2 nitrogen and oxygen atoms in total. The SMILES string of the molecule is C=Cc1ccccc1[SiH](O[Si](C)(C)C)O[Si](C)(C)C. The standard InChI is InChI=1S/C14H26O2Si3/c1-8-13-11-9-10-12-14(13)17(15-18(2,3)4)16-19(5,6)7/h8-12,17H,1H2,2-7H3. The summed E-state index contributed by atoms with van der Waals surface area (Å²) in [6.45, 7) is 17.2. The molecule has 0 aliphatic rings. The van der Waals surface area contributed by atoms with Crippen molar-refractivity contribution in [3.63, 3.8) is 0 Å². The smallest absolute Gasteiger partial charge is 0.335 e. The monoisotopic (exact) mass is 310 g/mol. The van der Waals surface area contributed by atoms with E-state index in [0.717, 1.165) is 5.56 Å². The highest BCUT2D eigenvalue weighted by atomic mass is 28.4. The van der Waals surface area contributed by atoms with Gasteiger partial charge in [-0.2, -0.15) is 0 Å². The van der Waals surface area contributed by atoms with Crippen LogP contribution < -0.4 is 5.19 Å². The molecule has 5 heteroatoms. The summed E-state index contributed by atoms with van der Waals surface area (Å²) in [5.74, 6) is 0. The summed E-state index contributed by atoms with van der Waals surface area (Å²) in [7, 11) is -5.07. The van der Waals surface area contributed by atoms with Crippen molar-refractivity contribution in [3.05, 3.63) is 36.4 Å². The summed E-state index contributed by atoms with van der Waals surface area (Å²) in [4.78, 5) is 0. The first-order chi connectivity index (χ1) is 8.62. The Balaban J connectivity index is 3.11. The maximum Gasteiger partial charge on any atom is 0.335 e. The zero-order valence-corrected chi connectivity index (χ0v) is 16.1. The lowest BCUT2D eigenvalue weighted by Crippen LogP contribution is -2.50. The van der Waals surface area contributed by atoms with Crippen molar-refractivity contribution < 1.29 is 8.23 Å². The van der Waals surface area contributed by atoms with Crippen molar-refractivity contribution in [1.29, 1.82) is 0 Å². The van der Waals surface area contributed by atoms with Crippen LogP contribution in [0.4, 0.5) is 0 Å². The first kappa shape index (κ1) is 16.6. The van der Waals surface area contributed by atoms with Crippen LogP contribution in [-0.2, 0) is 8.23 Å². The molecular weight excluding hydrogens is 284 g/mol. The molecular formula is C14H26O2Si3. The molecule has 19 heavy (non-hydrogen) atoms. The summed E-state index contributed by atoms with van der Waals surface area (Å²) >= 11 is 0. The van der Waals surface area contributed by atoms with Crippen molar-refractivity contribution in [2.75, 3.05) is 0 Å². The Bertz CT molecular complexity index is 417. The third-order valence-corrected chi connectivity index (χ3v) is 10.8. The third-order valence-electron chi connectivity index (χ3n) is 2.39. The van der Waals surface area contributed by atoms with Gasteiger partial charge in [-0.15, -0.1) is 0 Å². The van der Waals surface area contributed by atoms with Gasteiger partial charge in [-0.3, -0.25) is 0 Å². The van der Waals surface area contributed by atoms with Gasteiger partial charge in [-0.1, -0.05) is 36.9 Å². The normalized spacial score (nSPS) is 12.8. The predicted molar refractivity (Wildman–Crippen MR) is 92.2 cm³/mol. The minimum absolute atomic E-state index is 1.15. The summed E-state index contributed by atoms with van der Waals surface area (Å²) in [5.41, 5.74) is 1.15. The lowest BCUT2D eigenvalue weighted by molar-refractivity contribution is 0.436. The van der Waals surface area contributed by atoms with E-state index in [4.69, 9.17) is 8.23 Å². The second-order valence-corrected chi connectivity index (χ2v) is 18.2. The Morgan fingerprint density at radius 3 is 1.84 bits per heavy atom. The molecule has 0 heterocycles. The Hall–Kier alpha value is -0.469. The van der Waals surface area contributed by atoms with Gasteiger partial charge in [-0.05, 0) is 50.0 Å². The Labute approximate surface area is 121 Å². The summed E-state index contributed by atoms with van der Waals surface area (Å²) in [5, 5.41) is 1.22. The molecule has 0 N–H and O–H groups in total. The highest BCUT2D eigenvalue weighted by molar-refractivity contribution is 6.85. The lowest BCUT2D eigenvalue weighted by Gasteiger charge is -2.31. The fourth-order valence-electron chi connectivity index (χ4n) is 1.70. The van der Waals surface area contributed by atoms with E-state index in [-0.39, 0.29) is 0 Å². The topological polar surface area (TPSA) is 18.5 Å². The fourth-order valence-corrected chi connectivity index (χ4v) is 9.24. The van der Waals surface area contributed by atoms with Gasteiger partial charge >= 0.3 is 9.28 Å². The predicted octanol–water partition coefficient (Wildman–Crippen LogP) is 3.46. The number of rotatable bonds is 6. The highest BCUT2D eigenvalue weighted by Gasteiger charge is 2.30. The molecule has 0 aromatic heterocycles. The van der Waals surface area contributed by atoms with Gasteiger partial charge in [0.05, 0.1) is 0 Å². The van der Waals surface area contributed by atoms with Crippen LogP contribution in [0.3, 0.4) is 0 Å². The number of benzene rings is 1. The zero-order chi connectivity index (χ0) is 14.7. The first-order valence-corrected chi connectivity index (χ1v) is 15.0. The maximum atomic E-state index is 6.38. The number of hydrogen-bond acceptors (Lipinski definition) is 2. The van der Waals surface area contributed by atoms with Gasteiger partial charge in [0, 0.05) is 0 Å². The van der Waals surface area contributed by atoms with E-state index in [1.165, 1.54) is 5.19 Å². The largest absolute Gasteiger partial charge is 0.436 e. The average molecular weight is 311 g/mol. The number of hydrogen-bond donors (Lipinski definition) is 0. The van der Waals surface area contributed by atoms with Gasteiger partial charge in [0.25, 0.3) is 0 Å². The molecule has 106 valence electrons. The first-order valence-electron chi connectivity index (χ1n) is 6.69. The van der Waals surface area contributed by atoms with E-state index in [1.54, 1.807) is 0 Å². The van der Waals surface area contributed by atoms with E-state index < -0.39 is 25.9 Å². The van der Waals surface area contributed by atoms with Gasteiger partial charge in [0.1, 0.15) is 0 Å². The van der Waals surface area contributed by atoms with Crippen LogP contribution in [0.5, 0.6) is 0 Å². The van der Waals surface area contributed by atoms with E-state index >= 15 is 0 Å². The molecule has 0 aliphatic carbocycles. The van der Waals surface area contributed by atoms with Crippen LogP contribution in [0.2, 0.25) is 39.3 Å². The van der Waals surface area contributed by atoms with Crippen LogP contribution in [-0.4, -0.2) is 25.9 Å². The van der Waals surface area contributed by atoms with Crippen molar-refractivity contribution in [2.45, 2.75) is 39.3 Å². The van der Waals surface area contributed by atoms with Crippen molar-refractivity contribution >= 4 is 37.2 Å². The Morgan fingerprint density at radius 1 is 0.947 bits per heavy atom. The van der Waals surface area contributed by atoms with Crippen molar-refractivity contribution in [3.8, 4) is 0 Å². The second-order valence-electron chi connectivity index (χ2n) is 6.63. The van der Waals surface area contributed by atoms with Crippen molar-refractivity contribution in [1.82, 2.24) is 0 Å².